The normalized spacial score (nSPS) is 10.8. The first-order valence-electron chi connectivity index (χ1n) is 5.45. The molecule has 0 amide bonds. The number of H-pyrrole nitrogens is 2. The molecule has 7 nitrogen and oxygen atoms in total. The van der Waals surface area contributed by atoms with Gasteiger partial charge in [0.05, 0.1) is 7.11 Å². The fourth-order valence-corrected chi connectivity index (χ4v) is 1.74. The zero-order valence-electron chi connectivity index (χ0n) is 9.89. The Morgan fingerprint density at radius 3 is 2.89 bits per heavy atom. The molecule has 2 heterocycles. The van der Waals surface area contributed by atoms with E-state index in [1.807, 2.05) is 0 Å². The van der Waals surface area contributed by atoms with E-state index in [9.17, 15) is 9.59 Å². The Bertz CT molecular complexity index is 859. The number of benzene rings is 1. The molecule has 0 atom stereocenters. The molecule has 96 valence electrons. The van der Waals surface area contributed by atoms with Gasteiger partial charge in [0.15, 0.2) is 5.52 Å². The third-order valence-corrected chi connectivity index (χ3v) is 2.61. The minimum absolute atomic E-state index is 0.0477. The summed E-state index contributed by atoms with van der Waals surface area (Å²) in [6.07, 6.45) is 0. The van der Waals surface area contributed by atoms with Gasteiger partial charge >= 0.3 is 5.69 Å². The Hall–Kier alpha value is -2.83. The van der Waals surface area contributed by atoms with Crippen molar-refractivity contribution in [3.63, 3.8) is 0 Å². The summed E-state index contributed by atoms with van der Waals surface area (Å²) in [5, 5.41) is 0. The molecule has 0 aliphatic carbocycles. The van der Waals surface area contributed by atoms with Gasteiger partial charge in [-0.15, -0.1) is 0 Å². The standard InChI is InChI=1S/C12H9N3O4/c1-18-7-4-2-3-6(5-7)10-13-8-9(16)14-12(17)15-11(8)19-10/h2-5H,1H3,(H2,14,15,16,17). The molecule has 0 radical (unpaired) electrons. The maximum atomic E-state index is 11.5. The van der Waals surface area contributed by atoms with Crippen LogP contribution in [-0.2, 0) is 0 Å². The van der Waals surface area contributed by atoms with Crippen molar-refractivity contribution in [3.8, 4) is 17.2 Å². The lowest BCUT2D eigenvalue weighted by Gasteiger charge is -2.00. The fourth-order valence-electron chi connectivity index (χ4n) is 1.74. The summed E-state index contributed by atoms with van der Waals surface area (Å²) in [6.45, 7) is 0. The van der Waals surface area contributed by atoms with Crippen molar-refractivity contribution in [1.29, 1.82) is 0 Å². The second-order valence-electron chi connectivity index (χ2n) is 3.84. The molecule has 0 saturated carbocycles. The Morgan fingerprint density at radius 1 is 1.26 bits per heavy atom. The second-order valence-corrected chi connectivity index (χ2v) is 3.84. The molecule has 0 spiro atoms. The lowest BCUT2D eigenvalue weighted by Crippen LogP contribution is -2.21. The SMILES string of the molecule is COc1cccc(-c2nc3c(=O)[nH]c(=O)[nH]c3o2)c1. The highest BCUT2D eigenvalue weighted by molar-refractivity contribution is 5.71. The predicted molar refractivity (Wildman–Crippen MR) is 67.2 cm³/mol. The Kier molecular flexibility index (Phi) is 2.45. The first-order valence-corrected chi connectivity index (χ1v) is 5.45. The van der Waals surface area contributed by atoms with Crippen LogP contribution in [-0.4, -0.2) is 22.1 Å². The summed E-state index contributed by atoms with van der Waals surface area (Å²) in [4.78, 5) is 31.2. The molecule has 0 unspecified atom stereocenters. The number of ether oxygens (including phenoxy) is 1. The fraction of sp³-hybridized carbons (Fsp3) is 0.0833. The molecule has 1 aromatic carbocycles. The van der Waals surface area contributed by atoms with Gasteiger partial charge in [-0.05, 0) is 18.2 Å². The van der Waals surface area contributed by atoms with E-state index in [0.717, 1.165) is 0 Å². The van der Waals surface area contributed by atoms with Crippen molar-refractivity contribution in [1.82, 2.24) is 15.0 Å². The van der Waals surface area contributed by atoms with Gasteiger partial charge in [0.25, 0.3) is 5.56 Å². The van der Waals surface area contributed by atoms with Crippen LogP contribution < -0.4 is 16.0 Å². The Balaban J connectivity index is 2.23. The van der Waals surface area contributed by atoms with Gasteiger partial charge in [0, 0.05) is 5.56 Å². The molecule has 2 aromatic heterocycles. The van der Waals surface area contributed by atoms with Gasteiger partial charge in [0.2, 0.25) is 11.6 Å². The monoisotopic (exact) mass is 259 g/mol. The zero-order chi connectivity index (χ0) is 13.4. The molecule has 2 N–H and O–H groups in total. The van der Waals surface area contributed by atoms with Crippen LogP contribution in [0, 0.1) is 0 Å². The number of aromatic nitrogens is 3. The average Bonchev–Trinajstić information content (AvgIpc) is 2.83. The summed E-state index contributed by atoms with van der Waals surface area (Å²) in [6, 6.07) is 7.04. The van der Waals surface area contributed by atoms with E-state index in [2.05, 4.69) is 15.0 Å². The molecule has 7 heteroatoms. The van der Waals surface area contributed by atoms with E-state index in [0.29, 0.717) is 11.3 Å². The number of oxazole rings is 1. The maximum absolute atomic E-state index is 11.5. The summed E-state index contributed by atoms with van der Waals surface area (Å²) in [5.74, 6) is 0.878. The molecular weight excluding hydrogens is 250 g/mol. The number of nitrogens with zero attached hydrogens (tertiary/aromatic N) is 1. The van der Waals surface area contributed by atoms with E-state index >= 15 is 0 Å². The smallest absolute Gasteiger partial charge is 0.328 e. The van der Waals surface area contributed by atoms with Crippen LogP contribution in [0.15, 0.2) is 38.3 Å². The number of hydrogen-bond donors (Lipinski definition) is 2. The highest BCUT2D eigenvalue weighted by Crippen LogP contribution is 2.24. The molecule has 19 heavy (non-hydrogen) atoms. The molecule has 0 aliphatic heterocycles. The van der Waals surface area contributed by atoms with Gasteiger partial charge < -0.3 is 9.15 Å². The number of nitrogens with one attached hydrogen (secondary N) is 2. The van der Waals surface area contributed by atoms with E-state index in [1.165, 1.54) is 0 Å². The predicted octanol–water partition coefficient (Wildman–Crippen LogP) is 0.880. The van der Waals surface area contributed by atoms with E-state index < -0.39 is 11.2 Å². The number of methoxy groups -OCH3 is 1. The van der Waals surface area contributed by atoms with Crippen molar-refractivity contribution >= 4 is 11.2 Å². The Morgan fingerprint density at radius 2 is 2.11 bits per heavy atom. The molecule has 3 rings (SSSR count). The number of hydrogen-bond acceptors (Lipinski definition) is 5. The molecular formula is C12H9N3O4. The number of rotatable bonds is 2. The third-order valence-electron chi connectivity index (χ3n) is 2.61. The summed E-state index contributed by atoms with van der Waals surface area (Å²) < 4.78 is 10.5. The zero-order valence-corrected chi connectivity index (χ0v) is 9.89. The molecule has 0 saturated heterocycles. The third kappa shape index (κ3) is 1.90. The van der Waals surface area contributed by atoms with Crippen LogP contribution >= 0.6 is 0 Å². The van der Waals surface area contributed by atoms with Gasteiger partial charge in [0.1, 0.15) is 5.75 Å². The molecule has 0 aliphatic rings. The van der Waals surface area contributed by atoms with Gasteiger partial charge in [-0.25, -0.2) is 9.78 Å². The van der Waals surface area contributed by atoms with Crippen LogP contribution in [0.2, 0.25) is 0 Å². The summed E-state index contributed by atoms with van der Waals surface area (Å²) >= 11 is 0. The quantitative estimate of drug-likeness (QED) is 0.711. The van der Waals surface area contributed by atoms with Crippen molar-refractivity contribution in [3.05, 3.63) is 45.1 Å². The molecule has 0 bridgehead atoms. The minimum Gasteiger partial charge on any atom is -0.497 e. The largest absolute Gasteiger partial charge is 0.497 e. The second kappa shape index (κ2) is 4.13. The van der Waals surface area contributed by atoms with Crippen molar-refractivity contribution in [2.75, 3.05) is 7.11 Å². The van der Waals surface area contributed by atoms with Crippen LogP contribution in [0.1, 0.15) is 0 Å². The maximum Gasteiger partial charge on any atom is 0.328 e. The van der Waals surface area contributed by atoms with E-state index in [4.69, 9.17) is 9.15 Å². The highest BCUT2D eigenvalue weighted by atomic mass is 16.5. The van der Waals surface area contributed by atoms with Crippen molar-refractivity contribution in [2.45, 2.75) is 0 Å². The summed E-state index contributed by atoms with van der Waals surface area (Å²) in [7, 11) is 1.55. The van der Waals surface area contributed by atoms with Gasteiger partial charge in [-0.2, -0.15) is 0 Å². The van der Waals surface area contributed by atoms with Gasteiger partial charge in [-0.3, -0.25) is 14.8 Å². The minimum atomic E-state index is -0.633. The van der Waals surface area contributed by atoms with Crippen LogP contribution in [0.25, 0.3) is 22.7 Å². The number of fused-ring (bicyclic) bond motifs is 1. The van der Waals surface area contributed by atoms with Crippen LogP contribution in [0.5, 0.6) is 5.75 Å². The average molecular weight is 259 g/mol. The topological polar surface area (TPSA) is 101 Å². The number of aromatic amines is 2. The summed E-state index contributed by atoms with van der Waals surface area (Å²) in [5.41, 5.74) is -0.470. The molecule has 3 aromatic rings. The van der Waals surface area contributed by atoms with E-state index in [1.54, 1.807) is 31.4 Å². The molecule has 0 fully saturated rings. The van der Waals surface area contributed by atoms with Crippen LogP contribution in [0.4, 0.5) is 0 Å². The lowest BCUT2D eigenvalue weighted by atomic mass is 10.2. The van der Waals surface area contributed by atoms with Crippen molar-refractivity contribution < 1.29 is 9.15 Å². The van der Waals surface area contributed by atoms with Crippen LogP contribution in [0.3, 0.4) is 0 Å². The van der Waals surface area contributed by atoms with Crippen molar-refractivity contribution in [2.24, 2.45) is 0 Å². The lowest BCUT2D eigenvalue weighted by molar-refractivity contribution is 0.415. The first kappa shape index (κ1) is 11.3. The highest BCUT2D eigenvalue weighted by Gasteiger charge is 2.12. The van der Waals surface area contributed by atoms with Gasteiger partial charge in [-0.1, -0.05) is 6.07 Å². The first-order chi connectivity index (χ1) is 9.17. The Labute approximate surface area is 105 Å². The van der Waals surface area contributed by atoms with E-state index in [-0.39, 0.29) is 17.1 Å².